The number of unbranched alkanes of at least 4 members (excludes halogenated alkanes) is 2. The Balaban J connectivity index is 3.97. The first-order chi connectivity index (χ1) is 12.0. The molecule has 0 saturated carbocycles. The molecule has 0 radical (unpaired) electrons. The Morgan fingerprint density at radius 1 is 0.840 bits per heavy atom. The zero-order valence-corrected chi connectivity index (χ0v) is 15.0. The Morgan fingerprint density at radius 3 is 2.04 bits per heavy atom. The number of carbonyl (C=O) groups is 1. The van der Waals surface area contributed by atoms with Crippen molar-refractivity contribution in [3.63, 3.8) is 0 Å². The molecule has 5 heteroatoms. The van der Waals surface area contributed by atoms with Crippen molar-refractivity contribution in [1.29, 1.82) is 0 Å². The lowest BCUT2D eigenvalue weighted by Crippen LogP contribution is -2.23. The summed E-state index contributed by atoms with van der Waals surface area (Å²) in [5.74, 6) is -0.908. The minimum atomic E-state index is -1.01. The van der Waals surface area contributed by atoms with Crippen molar-refractivity contribution in [3.8, 4) is 0 Å². The fraction of sp³-hybridized carbons (Fsp3) is 0.550. The summed E-state index contributed by atoms with van der Waals surface area (Å²) in [6, 6.07) is 0. The predicted molar refractivity (Wildman–Crippen MR) is 100 cm³/mol. The predicted octanol–water partition coefficient (Wildman–Crippen LogP) is 3.13. The van der Waals surface area contributed by atoms with E-state index in [9.17, 15) is 20.1 Å². The van der Waals surface area contributed by atoms with Gasteiger partial charge in [-0.25, -0.2) is 0 Å². The largest absolute Gasteiger partial charge is 0.481 e. The third kappa shape index (κ3) is 15.6. The van der Waals surface area contributed by atoms with Crippen molar-refractivity contribution in [2.45, 2.75) is 70.2 Å². The van der Waals surface area contributed by atoms with Gasteiger partial charge in [0.2, 0.25) is 0 Å². The molecule has 0 aromatic carbocycles. The number of rotatable bonds is 14. The van der Waals surface area contributed by atoms with Crippen LogP contribution in [-0.4, -0.2) is 44.7 Å². The molecule has 0 spiro atoms. The van der Waals surface area contributed by atoms with Crippen LogP contribution in [0.15, 0.2) is 48.6 Å². The van der Waals surface area contributed by atoms with E-state index in [-0.39, 0.29) is 12.8 Å². The fourth-order valence-corrected chi connectivity index (χ4v) is 2.09. The maximum absolute atomic E-state index is 10.4. The van der Waals surface area contributed by atoms with E-state index in [1.165, 1.54) is 6.08 Å². The Morgan fingerprint density at radius 2 is 1.44 bits per heavy atom. The fourth-order valence-electron chi connectivity index (χ4n) is 2.09. The number of hydrogen-bond acceptors (Lipinski definition) is 4. The molecular formula is C20H32O5. The lowest BCUT2D eigenvalue weighted by molar-refractivity contribution is -0.137. The summed E-state index contributed by atoms with van der Waals surface area (Å²) in [7, 11) is 0. The Hall–Kier alpha value is -1.69. The molecule has 0 heterocycles. The van der Waals surface area contributed by atoms with Gasteiger partial charge in [-0.15, -0.1) is 0 Å². The standard InChI is InChI=1S/C20H32O5/c1-2-3-8-12-17(21)13-9-6-4-5-7-10-14-18(22)19(23)15-11-16-20(24)25/h4-7,9-10,13-14,17-19,21-23H,2-3,8,11-12,15-16H2,1H3,(H,24,25)/b6-4-,7-5+,13-9+,14-10+/t17-,18-,19+/m1/s1. The average molecular weight is 352 g/mol. The van der Waals surface area contributed by atoms with Gasteiger partial charge in [0, 0.05) is 6.42 Å². The first-order valence-corrected chi connectivity index (χ1v) is 8.91. The molecule has 0 amide bonds. The number of aliphatic hydroxyl groups is 3. The highest BCUT2D eigenvalue weighted by Gasteiger charge is 2.12. The SMILES string of the molecule is CCCCC[C@@H](O)/C=C/C=C\C=C\C=C\[C@@H](O)[C@@H](O)CCCC(=O)O. The molecule has 4 N–H and O–H groups in total. The molecule has 0 aliphatic carbocycles. The van der Waals surface area contributed by atoms with E-state index in [1.54, 1.807) is 36.5 Å². The normalized spacial score (nSPS) is 16.3. The van der Waals surface area contributed by atoms with E-state index < -0.39 is 24.3 Å². The molecule has 0 rings (SSSR count). The van der Waals surface area contributed by atoms with Crippen LogP contribution in [0.3, 0.4) is 0 Å². The van der Waals surface area contributed by atoms with E-state index >= 15 is 0 Å². The smallest absolute Gasteiger partial charge is 0.303 e. The van der Waals surface area contributed by atoms with Crippen molar-refractivity contribution >= 4 is 5.97 Å². The number of carboxylic acid groups (broad SMARTS) is 1. The van der Waals surface area contributed by atoms with E-state index in [1.807, 2.05) is 6.08 Å². The highest BCUT2D eigenvalue weighted by Crippen LogP contribution is 2.06. The molecule has 25 heavy (non-hydrogen) atoms. The lowest BCUT2D eigenvalue weighted by atomic mass is 10.1. The van der Waals surface area contributed by atoms with E-state index in [0.717, 1.165) is 25.7 Å². The first kappa shape index (κ1) is 23.3. The summed E-state index contributed by atoms with van der Waals surface area (Å²) >= 11 is 0. The maximum atomic E-state index is 10.4. The van der Waals surface area contributed by atoms with Gasteiger partial charge >= 0.3 is 5.97 Å². The van der Waals surface area contributed by atoms with Gasteiger partial charge in [0.25, 0.3) is 0 Å². The Bertz CT molecular complexity index is 451. The van der Waals surface area contributed by atoms with Crippen LogP contribution in [0, 0.1) is 0 Å². The maximum Gasteiger partial charge on any atom is 0.303 e. The monoisotopic (exact) mass is 352 g/mol. The summed E-state index contributed by atoms with van der Waals surface area (Å²) in [5, 5.41) is 37.6. The van der Waals surface area contributed by atoms with Crippen LogP contribution in [0.1, 0.15) is 51.9 Å². The van der Waals surface area contributed by atoms with Gasteiger partial charge in [-0.3, -0.25) is 4.79 Å². The molecule has 0 aromatic heterocycles. The first-order valence-electron chi connectivity index (χ1n) is 8.91. The van der Waals surface area contributed by atoms with E-state index in [2.05, 4.69) is 6.92 Å². The number of hydrogen-bond donors (Lipinski definition) is 4. The van der Waals surface area contributed by atoms with Crippen LogP contribution in [0.5, 0.6) is 0 Å². The average Bonchev–Trinajstić information content (AvgIpc) is 2.56. The molecule has 5 nitrogen and oxygen atoms in total. The highest BCUT2D eigenvalue weighted by atomic mass is 16.4. The molecule has 142 valence electrons. The second-order valence-corrected chi connectivity index (χ2v) is 5.95. The number of allylic oxidation sites excluding steroid dienone is 6. The van der Waals surface area contributed by atoms with Gasteiger partial charge in [-0.05, 0) is 19.3 Å². The quantitative estimate of drug-likeness (QED) is 0.284. The summed E-state index contributed by atoms with van der Waals surface area (Å²) in [4.78, 5) is 10.4. The summed E-state index contributed by atoms with van der Waals surface area (Å²) in [5.41, 5.74) is 0. The Kier molecular flexibility index (Phi) is 14.7. The third-order valence-corrected chi connectivity index (χ3v) is 3.59. The summed E-state index contributed by atoms with van der Waals surface area (Å²) in [6.07, 6.45) is 16.0. The molecular weight excluding hydrogens is 320 g/mol. The molecule has 0 aromatic rings. The van der Waals surface area contributed by atoms with Gasteiger partial charge < -0.3 is 20.4 Å². The minimum Gasteiger partial charge on any atom is -0.481 e. The third-order valence-electron chi connectivity index (χ3n) is 3.59. The van der Waals surface area contributed by atoms with E-state index in [0.29, 0.717) is 6.42 Å². The van der Waals surface area contributed by atoms with Crippen LogP contribution in [0.4, 0.5) is 0 Å². The number of carboxylic acids is 1. The topological polar surface area (TPSA) is 98.0 Å². The van der Waals surface area contributed by atoms with Gasteiger partial charge in [0.15, 0.2) is 0 Å². The molecule has 0 fully saturated rings. The molecule has 0 saturated heterocycles. The van der Waals surface area contributed by atoms with Gasteiger partial charge in [-0.2, -0.15) is 0 Å². The van der Waals surface area contributed by atoms with Crippen LogP contribution < -0.4 is 0 Å². The van der Waals surface area contributed by atoms with Crippen molar-refractivity contribution in [2.75, 3.05) is 0 Å². The van der Waals surface area contributed by atoms with Crippen LogP contribution >= 0.6 is 0 Å². The molecule has 0 bridgehead atoms. The van der Waals surface area contributed by atoms with Gasteiger partial charge in [-0.1, -0.05) is 74.8 Å². The zero-order valence-electron chi connectivity index (χ0n) is 15.0. The van der Waals surface area contributed by atoms with Crippen LogP contribution in [-0.2, 0) is 4.79 Å². The highest BCUT2D eigenvalue weighted by molar-refractivity contribution is 5.66. The molecule has 0 unspecified atom stereocenters. The van der Waals surface area contributed by atoms with Crippen molar-refractivity contribution in [2.24, 2.45) is 0 Å². The van der Waals surface area contributed by atoms with Gasteiger partial charge in [0.1, 0.15) is 0 Å². The van der Waals surface area contributed by atoms with Crippen LogP contribution in [0.25, 0.3) is 0 Å². The minimum absolute atomic E-state index is 0.0149. The second-order valence-electron chi connectivity index (χ2n) is 5.95. The lowest BCUT2D eigenvalue weighted by Gasteiger charge is -2.13. The Labute approximate surface area is 150 Å². The van der Waals surface area contributed by atoms with Crippen molar-refractivity contribution in [3.05, 3.63) is 48.6 Å². The summed E-state index contributed by atoms with van der Waals surface area (Å²) < 4.78 is 0. The number of aliphatic carboxylic acids is 1. The van der Waals surface area contributed by atoms with Crippen molar-refractivity contribution < 1.29 is 25.2 Å². The zero-order chi connectivity index (χ0) is 18.9. The van der Waals surface area contributed by atoms with Gasteiger partial charge in [0.05, 0.1) is 18.3 Å². The second kappa shape index (κ2) is 15.8. The number of aliphatic hydroxyl groups excluding tert-OH is 3. The van der Waals surface area contributed by atoms with E-state index in [4.69, 9.17) is 5.11 Å². The molecule has 0 aliphatic rings. The van der Waals surface area contributed by atoms with Crippen molar-refractivity contribution in [1.82, 2.24) is 0 Å². The molecule has 0 aliphatic heterocycles. The summed E-state index contributed by atoms with van der Waals surface area (Å²) in [6.45, 7) is 2.13. The molecule has 3 atom stereocenters. The van der Waals surface area contributed by atoms with Crippen LogP contribution in [0.2, 0.25) is 0 Å².